The summed E-state index contributed by atoms with van der Waals surface area (Å²) in [5, 5.41) is 62.6. The molecule has 2 aromatic heterocycles. The molecule has 2 aliphatic rings. The van der Waals surface area contributed by atoms with E-state index in [9.17, 15) is 30.3 Å². The predicted molar refractivity (Wildman–Crippen MR) is 163 cm³/mol. The lowest BCUT2D eigenvalue weighted by molar-refractivity contribution is -0.282. The molecule has 2 fully saturated rings. The first-order chi connectivity index (χ1) is 22.2. The van der Waals surface area contributed by atoms with Crippen molar-refractivity contribution in [3.8, 4) is 0 Å². The van der Waals surface area contributed by atoms with Gasteiger partial charge in [0.1, 0.15) is 12.4 Å². The number of anilines is 2. The summed E-state index contributed by atoms with van der Waals surface area (Å²) in [5.41, 5.74) is 2.29. The Hall–Kier alpha value is -4.18. The molecule has 4 unspecified atom stereocenters. The van der Waals surface area contributed by atoms with Gasteiger partial charge in [0.05, 0.1) is 18.2 Å². The highest BCUT2D eigenvalue weighted by Gasteiger charge is 2.58. The molecule has 0 radical (unpaired) electrons. The Kier molecular flexibility index (Phi) is 8.31. The quantitative estimate of drug-likeness (QED) is 0.120. The van der Waals surface area contributed by atoms with Gasteiger partial charge < -0.3 is 46.2 Å². The molecule has 2 aromatic carbocycles. The maximum atomic E-state index is 12.6. The highest BCUT2D eigenvalue weighted by Crippen LogP contribution is 2.37. The number of carbonyl (C=O) groups excluding carboxylic acids is 1. The van der Waals surface area contributed by atoms with Crippen molar-refractivity contribution in [3.63, 3.8) is 0 Å². The van der Waals surface area contributed by atoms with Gasteiger partial charge in [0.25, 0.3) is 11.8 Å². The van der Waals surface area contributed by atoms with E-state index in [1.54, 1.807) is 0 Å². The van der Waals surface area contributed by atoms with Crippen molar-refractivity contribution in [2.24, 2.45) is 0 Å². The third kappa shape index (κ3) is 5.83. The molecule has 1 amide bonds. The van der Waals surface area contributed by atoms with Crippen LogP contribution < -0.4 is 16.0 Å². The van der Waals surface area contributed by atoms with E-state index in [1.807, 2.05) is 60.7 Å². The Balaban J connectivity index is 1.38. The smallest absolute Gasteiger partial charge is 0.286 e. The number of likely N-dealkylation sites (N-methyl/N-ethyl adjacent to an activating group) is 1. The second-order valence-electron chi connectivity index (χ2n) is 11.2. The first kappa shape index (κ1) is 29.5. The van der Waals surface area contributed by atoms with Gasteiger partial charge in [-0.05, 0) is 30.9 Å². The first-order valence-electron chi connectivity index (χ1n) is 15.5. The van der Waals surface area contributed by atoms with Crippen molar-refractivity contribution >= 4 is 28.8 Å². The molecule has 4 aromatic rings. The van der Waals surface area contributed by atoms with Gasteiger partial charge in [0.15, 0.2) is 29.2 Å². The summed E-state index contributed by atoms with van der Waals surface area (Å²) in [5.74, 6) is -3.26. The van der Waals surface area contributed by atoms with E-state index < -0.39 is 48.4 Å². The number of aliphatic hydroxyl groups excluding tert-OH is 4. The summed E-state index contributed by atoms with van der Waals surface area (Å²) >= 11 is 0. The van der Waals surface area contributed by atoms with E-state index in [2.05, 4.69) is 30.9 Å². The van der Waals surface area contributed by atoms with E-state index in [-0.39, 0.29) is 42.3 Å². The summed E-state index contributed by atoms with van der Waals surface area (Å²) in [6, 6.07) is 19.3. The highest BCUT2D eigenvalue weighted by molar-refractivity contribution is 5.85. The van der Waals surface area contributed by atoms with Gasteiger partial charge in [-0.2, -0.15) is 9.97 Å². The number of nitrogens with one attached hydrogen (secondary N) is 3. The van der Waals surface area contributed by atoms with E-state index in [4.69, 9.17) is 6.11 Å². The number of amides is 1. The van der Waals surface area contributed by atoms with Crippen LogP contribution in [0.5, 0.6) is 0 Å². The average Bonchev–Trinajstić information content (AvgIpc) is 3.72. The molecule has 8 N–H and O–H groups in total. The lowest BCUT2D eigenvalue weighted by Crippen LogP contribution is -2.45. The molecule has 0 bridgehead atoms. The topological polar surface area (TPSA) is 207 Å². The zero-order valence-corrected chi connectivity index (χ0v) is 24.3. The van der Waals surface area contributed by atoms with Crippen LogP contribution in [-0.4, -0.2) is 101 Å². The average molecular weight is 621 g/mol. The number of carbonyl (C=O) groups is 1. The Labute approximate surface area is 260 Å². The van der Waals surface area contributed by atoms with Gasteiger partial charge in [-0.25, -0.2) is 4.98 Å². The number of imidazole rings is 1. The number of hydrogen-bond donors (Lipinski definition) is 8. The molecule has 1 aliphatic carbocycles. The van der Waals surface area contributed by atoms with Crippen LogP contribution in [0.1, 0.15) is 38.2 Å². The zero-order chi connectivity index (χ0) is 32.4. The van der Waals surface area contributed by atoms with Gasteiger partial charge in [-0.3, -0.25) is 9.36 Å². The fraction of sp³-hybridized carbons (Fsp3) is 0.419. The summed E-state index contributed by atoms with van der Waals surface area (Å²) in [4.78, 5) is 26.2. The van der Waals surface area contributed by atoms with Crippen LogP contribution in [0.15, 0.2) is 67.0 Å². The second kappa shape index (κ2) is 12.7. The van der Waals surface area contributed by atoms with Crippen LogP contribution in [0.4, 0.5) is 11.8 Å². The number of benzene rings is 2. The Bertz CT molecular complexity index is 1610. The third-order valence-electron chi connectivity index (χ3n) is 8.39. The lowest BCUT2D eigenvalue weighted by atomic mass is 9.91. The Morgan fingerprint density at radius 2 is 1.73 bits per heavy atom. The summed E-state index contributed by atoms with van der Waals surface area (Å²) in [6.07, 6.45) is -5.43. The van der Waals surface area contributed by atoms with Crippen LogP contribution in [0, 0.1) is 0 Å². The fourth-order valence-corrected chi connectivity index (χ4v) is 5.95. The molecule has 14 heteroatoms. The second-order valence-corrected chi connectivity index (χ2v) is 11.2. The molecule has 0 spiro atoms. The number of nitrogens with zero attached hydrogens (tertiary/aromatic N) is 4. The maximum absolute atomic E-state index is 12.6. The minimum atomic E-state index is -2.65. The van der Waals surface area contributed by atoms with Crippen LogP contribution in [0.2, 0.25) is 0 Å². The van der Waals surface area contributed by atoms with Gasteiger partial charge in [-0.1, -0.05) is 60.7 Å². The number of rotatable bonds is 10. The van der Waals surface area contributed by atoms with Crippen molar-refractivity contribution in [3.05, 3.63) is 78.1 Å². The Morgan fingerprint density at radius 3 is 2.36 bits per heavy atom. The SMILES string of the molecule is [2H]CCNC(=O)[C@H]1OC(O)(n2cnc3c(NCC(c4ccccc4)c4ccccc4)nc(NC4CCC(O)C4O)nc32)[C@H](O)[C@@H]1O. The largest absolute Gasteiger partial charge is 0.390 e. The number of hydrogen-bond acceptors (Lipinski definition) is 12. The van der Waals surface area contributed by atoms with E-state index in [0.29, 0.717) is 19.4 Å². The van der Waals surface area contributed by atoms with Crippen molar-refractivity contribution < 1.29 is 36.4 Å². The van der Waals surface area contributed by atoms with E-state index in [1.165, 1.54) is 0 Å². The van der Waals surface area contributed by atoms with E-state index in [0.717, 1.165) is 22.0 Å². The number of fused-ring (bicyclic) bond motifs is 1. The molecular weight excluding hydrogens is 582 g/mol. The van der Waals surface area contributed by atoms with Gasteiger partial charge in [0.2, 0.25) is 5.95 Å². The maximum Gasteiger partial charge on any atom is 0.286 e. The van der Waals surface area contributed by atoms with Gasteiger partial charge in [-0.15, -0.1) is 0 Å². The molecular formula is C31H37N7O7. The van der Waals surface area contributed by atoms with E-state index >= 15 is 0 Å². The molecule has 45 heavy (non-hydrogen) atoms. The monoisotopic (exact) mass is 620 g/mol. The minimum Gasteiger partial charge on any atom is -0.390 e. The Morgan fingerprint density at radius 1 is 1.04 bits per heavy atom. The zero-order valence-electron chi connectivity index (χ0n) is 25.3. The van der Waals surface area contributed by atoms with Crippen molar-refractivity contribution in [1.29, 1.82) is 0 Å². The number of ether oxygens (including phenoxy) is 1. The van der Waals surface area contributed by atoms with Gasteiger partial charge in [0, 0.05) is 20.4 Å². The molecule has 14 nitrogen and oxygen atoms in total. The molecule has 1 saturated carbocycles. The van der Waals surface area contributed by atoms with Crippen LogP contribution in [0.3, 0.4) is 0 Å². The van der Waals surface area contributed by atoms with Crippen LogP contribution in [0.25, 0.3) is 11.2 Å². The number of aromatic nitrogens is 4. The highest BCUT2D eigenvalue weighted by atomic mass is 16.7. The fourth-order valence-electron chi connectivity index (χ4n) is 5.95. The van der Waals surface area contributed by atoms with Gasteiger partial charge >= 0.3 is 0 Å². The van der Waals surface area contributed by atoms with Crippen LogP contribution >= 0.6 is 0 Å². The molecule has 6 rings (SSSR count). The van der Waals surface area contributed by atoms with Crippen molar-refractivity contribution in [2.75, 3.05) is 23.7 Å². The molecule has 1 aliphatic heterocycles. The number of aliphatic hydroxyl groups is 5. The summed E-state index contributed by atoms with van der Waals surface area (Å²) in [6.45, 7) is 0.246. The minimum absolute atomic E-state index is 0.00928. The summed E-state index contributed by atoms with van der Waals surface area (Å²) < 4.78 is 13.8. The molecule has 3 heterocycles. The summed E-state index contributed by atoms with van der Waals surface area (Å²) in [7, 11) is 0. The molecule has 1 saturated heterocycles. The first-order valence-corrected chi connectivity index (χ1v) is 14.8. The molecule has 238 valence electrons. The molecule has 7 atom stereocenters. The normalized spacial score (nSPS) is 28.4. The van der Waals surface area contributed by atoms with Crippen molar-refractivity contribution in [2.45, 2.75) is 68.1 Å². The standard InChI is InChI=1S/C31H37N7O7/c1-2-32-29(43)25-24(41)26(42)31(44,45-25)38-16-34-22-27(36-30(37-28(22)38)35-20-13-14-21(39)23(20)40)33-15-19(17-9-5-3-6-10-17)18-11-7-4-8-12-18/h3-12,16,19-21,23-26,39-42,44H,2,13-15H2,1H3,(H,32,43)(H2,33,35,36,37)/t20?,21?,23?,24-,25+,26-,31?/m1/s1/i1D. The lowest BCUT2D eigenvalue weighted by Gasteiger charge is -2.27. The predicted octanol–water partition coefficient (Wildman–Crippen LogP) is 0.226. The van der Waals surface area contributed by atoms with Crippen LogP contribution in [-0.2, 0) is 15.4 Å². The van der Waals surface area contributed by atoms with Crippen molar-refractivity contribution in [1.82, 2.24) is 24.8 Å². The third-order valence-corrected chi connectivity index (χ3v) is 8.39.